The predicted molar refractivity (Wildman–Crippen MR) is 83.1 cm³/mol. The van der Waals surface area contributed by atoms with Crippen molar-refractivity contribution in [1.29, 1.82) is 0 Å². The topological polar surface area (TPSA) is 29.5 Å². The highest BCUT2D eigenvalue weighted by Gasteiger charge is 2.40. The average molecular weight is 276 g/mol. The third kappa shape index (κ3) is 3.86. The van der Waals surface area contributed by atoms with E-state index in [1.54, 1.807) is 7.11 Å². The van der Waals surface area contributed by atoms with Crippen molar-refractivity contribution < 1.29 is 9.84 Å². The van der Waals surface area contributed by atoms with E-state index in [9.17, 15) is 5.11 Å². The van der Waals surface area contributed by atoms with Gasteiger partial charge in [-0.2, -0.15) is 0 Å². The molecule has 0 aliphatic carbocycles. The number of ether oxygens (including phenoxy) is 1. The van der Waals surface area contributed by atoms with Gasteiger partial charge in [0, 0.05) is 5.56 Å². The molecule has 0 radical (unpaired) electrons. The molecule has 1 N–H and O–H groups in total. The van der Waals surface area contributed by atoms with Crippen LogP contribution >= 0.6 is 0 Å². The molecule has 1 atom stereocenters. The monoisotopic (exact) mass is 276 g/mol. The van der Waals surface area contributed by atoms with Crippen LogP contribution in [-0.4, -0.2) is 26.0 Å². The van der Waals surface area contributed by atoms with Gasteiger partial charge in [0.1, 0.15) is 19.6 Å². The Hall–Kier alpha value is -1.24. The van der Waals surface area contributed by atoms with Crippen molar-refractivity contribution in [2.24, 2.45) is 0 Å². The number of hydrogen-bond acceptors (Lipinski definition) is 2. The van der Waals surface area contributed by atoms with Gasteiger partial charge in [-0.3, -0.25) is 0 Å². The van der Waals surface area contributed by atoms with E-state index in [0.717, 1.165) is 11.3 Å². The molecule has 0 saturated heterocycles. The zero-order valence-corrected chi connectivity index (χ0v) is 13.7. The second-order valence-corrected chi connectivity index (χ2v) is 11.9. The van der Waals surface area contributed by atoms with Gasteiger partial charge in [-0.25, -0.2) is 0 Å². The Kier molecular flexibility index (Phi) is 4.84. The van der Waals surface area contributed by atoms with Crippen LogP contribution < -0.4 is 4.74 Å². The fourth-order valence-electron chi connectivity index (χ4n) is 1.44. The summed E-state index contributed by atoms with van der Waals surface area (Å²) in [5.74, 6) is 6.85. The fourth-order valence-corrected chi connectivity index (χ4v) is 2.70. The van der Waals surface area contributed by atoms with Crippen LogP contribution in [0.1, 0.15) is 26.3 Å². The van der Waals surface area contributed by atoms with Crippen LogP contribution in [0.3, 0.4) is 0 Å². The molecule has 3 heteroatoms. The van der Waals surface area contributed by atoms with Crippen LogP contribution in [0.25, 0.3) is 0 Å². The average Bonchev–Trinajstić information content (AvgIpc) is 2.34. The maximum Gasteiger partial charge on any atom is 0.120 e. The standard InChI is InChI=1S/C16H24O2Si/c1-16(2,3)19(5,6)15(17)11-10-13-8-7-9-14(12-13)18-4/h7-9,12,15,17H,1-6H3. The van der Waals surface area contributed by atoms with Crippen molar-refractivity contribution in [1.82, 2.24) is 0 Å². The largest absolute Gasteiger partial charge is 0.497 e. The van der Waals surface area contributed by atoms with Crippen LogP contribution in [0.15, 0.2) is 24.3 Å². The Labute approximate surface area is 117 Å². The Morgan fingerprint density at radius 3 is 2.42 bits per heavy atom. The molecule has 0 heterocycles. The van der Waals surface area contributed by atoms with Gasteiger partial charge in [-0.05, 0) is 23.2 Å². The number of methoxy groups -OCH3 is 1. The van der Waals surface area contributed by atoms with E-state index in [4.69, 9.17) is 4.74 Å². The first-order chi connectivity index (χ1) is 8.68. The molecule has 1 rings (SSSR count). The molecule has 19 heavy (non-hydrogen) atoms. The van der Waals surface area contributed by atoms with Gasteiger partial charge in [-0.15, -0.1) is 0 Å². The third-order valence-electron chi connectivity index (χ3n) is 4.04. The molecule has 0 aromatic heterocycles. The molecule has 1 unspecified atom stereocenters. The second kappa shape index (κ2) is 5.81. The minimum atomic E-state index is -1.83. The summed E-state index contributed by atoms with van der Waals surface area (Å²) in [5, 5.41) is 10.5. The van der Waals surface area contributed by atoms with E-state index in [1.165, 1.54) is 0 Å². The lowest BCUT2D eigenvalue weighted by molar-refractivity contribution is 0.292. The summed E-state index contributed by atoms with van der Waals surface area (Å²) < 4.78 is 5.16. The van der Waals surface area contributed by atoms with Crippen molar-refractivity contribution in [3.63, 3.8) is 0 Å². The van der Waals surface area contributed by atoms with E-state index in [1.807, 2.05) is 24.3 Å². The minimum Gasteiger partial charge on any atom is -0.497 e. The van der Waals surface area contributed by atoms with Crippen molar-refractivity contribution in [3.05, 3.63) is 29.8 Å². The summed E-state index contributed by atoms with van der Waals surface area (Å²) >= 11 is 0. The Bertz CT molecular complexity index is 489. The lowest BCUT2D eigenvalue weighted by atomic mass is 10.2. The van der Waals surface area contributed by atoms with E-state index in [-0.39, 0.29) is 5.04 Å². The van der Waals surface area contributed by atoms with Crippen molar-refractivity contribution in [3.8, 4) is 17.6 Å². The van der Waals surface area contributed by atoms with Crippen molar-refractivity contribution in [2.75, 3.05) is 7.11 Å². The van der Waals surface area contributed by atoms with E-state index < -0.39 is 13.8 Å². The first kappa shape index (κ1) is 15.8. The van der Waals surface area contributed by atoms with Crippen molar-refractivity contribution >= 4 is 8.07 Å². The molecule has 0 aliphatic heterocycles. The van der Waals surface area contributed by atoms with Gasteiger partial charge in [0.2, 0.25) is 0 Å². The van der Waals surface area contributed by atoms with E-state index in [0.29, 0.717) is 0 Å². The number of rotatable bonds is 2. The lowest BCUT2D eigenvalue weighted by Gasteiger charge is -2.38. The second-order valence-electron chi connectivity index (χ2n) is 6.38. The zero-order valence-electron chi connectivity index (χ0n) is 12.7. The highest BCUT2D eigenvalue weighted by Crippen LogP contribution is 2.37. The minimum absolute atomic E-state index is 0.121. The normalized spacial score (nSPS) is 13.4. The smallest absolute Gasteiger partial charge is 0.120 e. The summed E-state index contributed by atoms with van der Waals surface area (Å²) in [6, 6.07) is 7.59. The number of aliphatic hydroxyl groups is 1. The van der Waals surface area contributed by atoms with Gasteiger partial charge in [0.05, 0.1) is 7.11 Å². The summed E-state index contributed by atoms with van der Waals surface area (Å²) in [4.78, 5) is 0. The molecule has 1 aromatic rings. The maximum absolute atomic E-state index is 10.4. The van der Waals surface area contributed by atoms with Gasteiger partial charge in [0.15, 0.2) is 0 Å². The first-order valence-corrected chi connectivity index (χ1v) is 9.60. The molecule has 0 amide bonds. The summed E-state index contributed by atoms with van der Waals surface area (Å²) in [7, 11) is -0.197. The Balaban J connectivity index is 2.94. The summed E-state index contributed by atoms with van der Waals surface area (Å²) in [6.45, 7) is 10.9. The van der Waals surface area contributed by atoms with E-state index >= 15 is 0 Å². The number of benzene rings is 1. The molecule has 0 aliphatic rings. The molecule has 0 saturated carbocycles. The van der Waals surface area contributed by atoms with Crippen molar-refractivity contribution in [2.45, 2.75) is 44.6 Å². The highest BCUT2D eigenvalue weighted by molar-refractivity contribution is 6.81. The first-order valence-electron chi connectivity index (χ1n) is 6.52. The molecule has 0 fully saturated rings. The quantitative estimate of drug-likeness (QED) is 0.662. The molecule has 1 aromatic carbocycles. The number of hydrogen-bond donors (Lipinski definition) is 1. The summed E-state index contributed by atoms with van der Waals surface area (Å²) in [5.41, 5.74) is 0.343. The van der Waals surface area contributed by atoms with E-state index in [2.05, 4.69) is 45.7 Å². The SMILES string of the molecule is COc1cccc(C#CC(O)[Si](C)(C)C(C)(C)C)c1. The Morgan fingerprint density at radius 2 is 1.89 bits per heavy atom. The highest BCUT2D eigenvalue weighted by atomic mass is 28.3. The molecule has 2 nitrogen and oxygen atoms in total. The molecular weight excluding hydrogens is 252 g/mol. The van der Waals surface area contributed by atoms with Gasteiger partial charge in [-0.1, -0.05) is 51.8 Å². The zero-order chi connectivity index (χ0) is 14.7. The maximum atomic E-state index is 10.4. The molecule has 0 spiro atoms. The van der Waals surface area contributed by atoms with Crippen LogP contribution in [0.4, 0.5) is 0 Å². The fraction of sp³-hybridized carbons (Fsp3) is 0.500. The molecular formula is C16H24O2Si. The van der Waals surface area contributed by atoms with Gasteiger partial charge >= 0.3 is 0 Å². The summed E-state index contributed by atoms with van der Waals surface area (Å²) in [6.07, 6.45) is 0. The third-order valence-corrected chi connectivity index (χ3v) is 9.42. The predicted octanol–water partition coefficient (Wildman–Crippen LogP) is 3.46. The van der Waals surface area contributed by atoms with Gasteiger partial charge < -0.3 is 9.84 Å². The molecule has 104 valence electrons. The van der Waals surface area contributed by atoms with Crippen LogP contribution in [0, 0.1) is 11.8 Å². The Morgan fingerprint density at radius 1 is 1.26 bits per heavy atom. The number of aliphatic hydroxyl groups excluding tert-OH is 1. The van der Waals surface area contributed by atoms with Crippen LogP contribution in [0.2, 0.25) is 18.1 Å². The van der Waals surface area contributed by atoms with Crippen LogP contribution in [-0.2, 0) is 0 Å². The van der Waals surface area contributed by atoms with Crippen LogP contribution in [0.5, 0.6) is 5.75 Å². The van der Waals surface area contributed by atoms with Gasteiger partial charge in [0.25, 0.3) is 0 Å². The lowest BCUT2D eigenvalue weighted by Crippen LogP contribution is -2.48. The molecule has 0 bridgehead atoms.